The Morgan fingerprint density at radius 1 is 1.35 bits per heavy atom. The van der Waals surface area contributed by atoms with Gasteiger partial charge < -0.3 is 0 Å². The normalized spacial score (nSPS) is 12.9. The summed E-state index contributed by atoms with van der Waals surface area (Å²) in [7, 11) is -1.34. The maximum absolute atomic E-state index is 12.7. The lowest BCUT2D eigenvalue weighted by Gasteiger charge is -2.08. The van der Waals surface area contributed by atoms with E-state index in [1.54, 1.807) is 5.38 Å². The molecule has 104 valence electrons. The first-order valence-corrected chi connectivity index (χ1v) is 7.81. The summed E-state index contributed by atoms with van der Waals surface area (Å²) in [5.74, 6) is 0. The largest absolute Gasteiger partial charge is 0.416 e. The van der Waals surface area contributed by atoms with Gasteiger partial charge in [-0.05, 0) is 17.7 Å². The third-order valence-corrected chi connectivity index (χ3v) is 5.12. The fraction of sp³-hybridized carbons (Fsp3) is 0.154. The van der Waals surface area contributed by atoms with Crippen molar-refractivity contribution in [3.05, 3.63) is 40.8 Å². The number of hydrogen-bond acceptors (Lipinski definition) is 3. The molecule has 0 saturated heterocycles. The van der Waals surface area contributed by atoms with Crippen LogP contribution in [0.15, 0.2) is 33.9 Å². The van der Waals surface area contributed by atoms with Crippen LogP contribution >= 0.6 is 11.3 Å². The zero-order valence-corrected chi connectivity index (χ0v) is 11.8. The number of nitriles is 1. The van der Waals surface area contributed by atoms with E-state index < -0.39 is 22.5 Å². The predicted octanol–water partition coefficient (Wildman–Crippen LogP) is 4.04. The maximum atomic E-state index is 12.7. The Kier molecular flexibility index (Phi) is 3.97. The highest BCUT2D eigenvalue weighted by atomic mass is 32.2. The summed E-state index contributed by atoms with van der Waals surface area (Å²) in [5.41, 5.74) is 0.0811. The fourth-order valence-corrected chi connectivity index (χ4v) is 3.61. The minimum atomic E-state index is -4.44. The molecule has 1 atom stereocenters. The van der Waals surface area contributed by atoms with E-state index in [-0.39, 0.29) is 5.56 Å². The lowest BCUT2D eigenvalue weighted by molar-refractivity contribution is -0.137. The number of alkyl halides is 3. The standard InChI is InChI=1S/C13H8F3NOS2/c1-20(18)12-10(6-17)11(7-19-12)8-3-2-4-9(5-8)13(14,15)16/h2-5,7H,1H3. The molecule has 0 saturated carbocycles. The van der Waals surface area contributed by atoms with Crippen LogP contribution in [0.3, 0.4) is 0 Å². The molecule has 0 aliphatic carbocycles. The summed E-state index contributed by atoms with van der Waals surface area (Å²) in [6.45, 7) is 0. The molecule has 1 unspecified atom stereocenters. The van der Waals surface area contributed by atoms with Crippen molar-refractivity contribution in [2.75, 3.05) is 6.26 Å². The molecule has 1 heterocycles. The van der Waals surface area contributed by atoms with Gasteiger partial charge >= 0.3 is 6.18 Å². The molecule has 0 fully saturated rings. The second-order valence-corrected chi connectivity index (χ2v) is 6.41. The van der Waals surface area contributed by atoms with E-state index in [1.165, 1.54) is 18.4 Å². The molecular formula is C13H8F3NOS2. The van der Waals surface area contributed by atoms with Gasteiger partial charge in [0.2, 0.25) is 0 Å². The molecular weight excluding hydrogens is 307 g/mol. The van der Waals surface area contributed by atoms with E-state index in [9.17, 15) is 17.4 Å². The molecule has 0 N–H and O–H groups in total. The van der Waals surface area contributed by atoms with Crippen molar-refractivity contribution in [3.63, 3.8) is 0 Å². The summed E-state index contributed by atoms with van der Waals surface area (Å²) in [6.07, 6.45) is -3.00. The second-order valence-electron chi connectivity index (χ2n) is 3.96. The van der Waals surface area contributed by atoms with Crippen LogP contribution < -0.4 is 0 Å². The minimum absolute atomic E-state index is 0.176. The lowest BCUT2D eigenvalue weighted by Crippen LogP contribution is -2.04. The summed E-state index contributed by atoms with van der Waals surface area (Å²) < 4.78 is 49.9. The average Bonchev–Trinajstić information content (AvgIpc) is 2.81. The summed E-state index contributed by atoms with van der Waals surface area (Å²) in [5, 5.41) is 10.7. The highest BCUT2D eigenvalue weighted by Gasteiger charge is 2.30. The first kappa shape index (κ1) is 14.8. The van der Waals surface area contributed by atoms with Crippen molar-refractivity contribution < 1.29 is 17.4 Å². The number of thiophene rings is 1. The molecule has 0 radical (unpaired) electrons. The van der Waals surface area contributed by atoms with Crippen molar-refractivity contribution in [2.24, 2.45) is 0 Å². The third-order valence-electron chi connectivity index (χ3n) is 2.63. The molecule has 1 aromatic heterocycles. The Balaban J connectivity index is 2.59. The van der Waals surface area contributed by atoms with Crippen LogP contribution in [0.1, 0.15) is 11.1 Å². The van der Waals surface area contributed by atoms with Crippen molar-refractivity contribution in [2.45, 2.75) is 10.4 Å². The molecule has 0 bridgehead atoms. The Labute approximate surface area is 119 Å². The van der Waals surface area contributed by atoms with Crippen molar-refractivity contribution >= 4 is 22.1 Å². The SMILES string of the molecule is CS(=O)c1scc(-c2cccc(C(F)(F)F)c2)c1C#N. The van der Waals surface area contributed by atoms with Crippen LogP contribution in [0.2, 0.25) is 0 Å². The zero-order chi connectivity index (χ0) is 14.9. The molecule has 20 heavy (non-hydrogen) atoms. The van der Waals surface area contributed by atoms with Gasteiger partial charge in [-0.2, -0.15) is 18.4 Å². The maximum Gasteiger partial charge on any atom is 0.416 e. The van der Waals surface area contributed by atoms with Gasteiger partial charge in [0.05, 0.1) is 21.9 Å². The first-order chi connectivity index (χ1) is 9.34. The van der Waals surface area contributed by atoms with E-state index in [1.807, 2.05) is 6.07 Å². The van der Waals surface area contributed by atoms with Crippen LogP contribution in [0.4, 0.5) is 13.2 Å². The van der Waals surface area contributed by atoms with Gasteiger partial charge in [-0.3, -0.25) is 4.21 Å². The molecule has 7 heteroatoms. The smallest absolute Gasteiger partial charge is 0.254 e. The van der Waals surface area contributed by atoms with Crippen molar-refractivity contribution in [3.8, 4) is 17.2 Å². The first-order valence-electron chi connectivity index (χ1n) is 5.37. The van der Waals surface area contributed by atoms with Crippen LogP contribution in [-0.2, 0) is 17.0 Å². The Morgan fingerprint density at radius 3 is 2.60 bits per heavy atom. The van der Waals surface area contributed by atoms with Crippen LogP contribution in [0.5, 0.6) is 0 Å². The number of nitrogens with zero attached hydrogens (tertiary/aromatic N) is 1. The minimum Gasteiger partial charge on any atom is -0.254 e. The monoisotopic (exact) mass is 315 g/mol. The molecule has 2 nitrogen and oxygen atoms in total. The van der Waals surface area contributed by atoms with E-state index in [0.29, 0.717) is 15.3 Å². The van der Waals surface area contributed by atoms with E-state index in [2.05, 4.69) is 0 Å². The van der Waals surface area contributed by atoms with Gasteiger partial charge in [0.25, 0.3) is 0 Å². The molecule has 2 rings (SSSR count). The van der Waals surface area contributed by atoms with Crippen LogP contribution in [0, 0.1) is 11.3 Å². The predicted molar refractivity (Wildman–Crippen MR) is 71.8 cm³/mol. The van der Waals surface area contributed by atoms with E-state index >= 15 is 0 Å². The molecule has 1 aromatic carbocycles. The highest BCUT2D eigenvalue weighted by molar-refractivity contribution is 7.86. The van der Waals surface area contributed by atoms with E-state index in [4.69, 9.17) is 5.26 Å². The molecule has 0 aliphatic heterocycles. The molecule has 0 aliphatic rings. The second kappa shape index (κ2) is 5.38. The van der Waals surface area contributed by atoms with Crippen molar-refractivity contribution in [1.29, 1.82) is 5.26 Å². The van der Waals surface area contributed by atoms with Gasteiger partial charge in [0.1, 0.15) is 10.3 Å². The van der Waals surface area contributed by atoms with Gasteiger partial charge in [-0.25, -0.2) is 0 Å². The van der Waals surface area contributed by atoms with Gasteiger partial charge in [-0.1, -0.05) is 12.1 Å². The average molecular weight is 315 g/mol. The molecule has 0 amide bonds. The molecule has 0 spiro atoms. The summed E-state index contributed by atoms with van der Waals surface area (Å²) >= 11 is 1.11. The van der Waals surface area contributed by atoms with Gasteiger partial charge in [0, 0.05) is 17.2 Å². The summed E-state index contributed by atoms with van der Waals surface area (Å²) in [6, 6.07) is 6.67. The summed E-state index contributed by atoms with van der Waals surface area (Å²) in [4.78, 5) is 0. The quantitative estimate of drug-likeness (QED) is 0.839. The number of benzene rings is 1. The topological polar surface area (TPSA) is 40.9 Å². The fourth-order valence-electron chi connectivity index (χ4n) is 1.73. The van der Waals surface area contributed by atoms with Gasteiger partial charge in [-0.15, -0.1) is 11.3 Å². The number of rotatable bonds is 2. The Bertz CT molecular complexity index is 713. The van der Waals surface area contributed by atoms with Gasteiger partial charge in [0.15, 0.2) is 0 Å². The van der Waals surface area contributed by atoms with Crippen LogP contribution in [0.25, 0.3) is 11.1 Å². The van der Waals surface area contributed by atoms with Crippen LogP contribution in [-0.4, -0.2) is 10.5 Å². The lowest BCUT2D eigenvalue weighted by atomic mass is 10.0. The number of hydrogen-bond donors (Lipinski definition) is 0. The highest BCUT2D eigenvalue weighted by Crippen LogP contribution is 2.36. The van der Waals surface area contributed by atoms with Crippen molar-refractivity contribution in [1.82, 2.24) is 0 Å². The third kappa shape index (κ3) is 2.76. The Morgan fingerprint density at radius 2 is 2.05 bits per heavy atom. The Hall–Kier alpha value is -1.65. The number of halogens is 3. The molecule has 2 aromatic rings. The zero-order valence-electron chi connectivity index (χ0n) is 10.2. The van der Waals surface area contributed by atoms with E-state index in [0.717, 1.165) is 23.5 Å².